The van der Waals surface area contributed by atoms with Crippen LogP contribution in [0.1, 0.15) is 31.2 Å². The zero-order chi connectivity index (χ0) is 15.4. The molecule has 0 aliphatic carbocycles. The van der Waals surface area contributed by atoms with E-state index < -0.39 is 0 Å². The second kappa shape index (κ2) is 6.80. The summed E-state index contributed by atoms with van der Waals surface area (Å²) in [5.41, 5.74) is 7.22. The predicted octanol–water partition coefficient (Wildman–Crippen LogP) is 1.85. The molecule has 2 aliphatic heterocycles. The lowest BCUT2D eigenvalue weighted by Gasteiger charge is -2.46. The van der Waals surface area contributed by atoms with Crippen LogP contribution in [0.15, 0.2) is 30.3 Å². The Hall–Kier alpha value is -1.39. The molecule has 4 heteroatoms. The number of piperidine rings is 2. The van der Waals surface area contributed by atoms with Gasteiger partial charge in [-0.15, -0.1) is 0 Å². The Morgan fingerprint density at radius 1 is 0.955 bits per heavy atom. The summed E-state index contributed by atoms with van der Waals surface area (Å²) in [6.07, 6.45) is 5.04. The molecule has 3 rings (SSSR count). The lowest BCUT2D eigenvalue weighted by atomic mass is 9.71. The maximum absolute atomic E-state index is 11.0. The first-order chi connectivity index (χ1) is 10.7. The highest BCUT2D eigenvalue weighted by atomic mass is 16.1. The van der Waals surface area contributed by atoms with Crippen LogP contribution < -0.4 is 5.73 Å². The van der Waals surface area contributed by atoms with Crippen molar-refractivity contribution in [2.75, 3.05) is 32.7 Å². The van der Waals surface area contributed by atoms with Crippen molar-refractivity contribution in [3.63, 3.8) is 0 Å². The lowest BCUT2D eigenvalue weighted by Crippen LogP contribution is -2.48. The molecule has 1 amide bonds. The summed E-state index contributed by atoms with van der Waals surface area (Å²) in [5.74, 6) is -0.200. The third-order valence-electron chi connectivity index (χ3n) is 5.46. The van der Waals surface area contributed by atoms with E-state index >= 15 is 0 Å². The molecule has 0 bridgehead atoms. The third-order valence-corrected chi connectivity index (χ3v) is 5.46. The first-order valence-corrected chi connectivity index (χ1v) is 8.42. The Morgan fingerprint density at radius 3 is 2.05 bits per heavy atom. The normalized spacial score (nSPS) is 22.7. The molecule has 2 heterocycles. The van der Waals surface area contributed by atoms with Crippen molar-refractivity contribution in [3.05, 3.63) is 35.9 Å². The van der Waals surface area contributed by atoms with E-state index in [9.17, 15) is 4.79 Å². The van der Waals surface area contributed by atoms with E-state index in [4.69, 9.17) is 5.73 Å². The monoisotopic (exact) mass is 301 g/mol. The van der Waals surface area contributed by atoms with Crippen molar-refractivity contribution in [3.8, 4) is 0 Å². The highest BCUT2D eigenvalue weighted by Gasteiger charge is 2.37. The minimum Gasteiger partial charge on any atom is -0.369 e. The number of nitrogens with zero attached hydrogens (tertiary/aromatic N) is 2. The Bertz CT molecular complexity index is 484. The van der Waals surface area contributed by atoms with Crippen LogP contribution >= 0.6 is 0 Å². The van der Waals surface area contributed by atoms with Crippen molar-refractivity contribution in [1.29, 1.82) is 0 Å². The van der Waals surface area contributed by atoms with E-state index in [1.165, 1.54) is 44.3 Å². The summed E-state index contributed by atoms with van der Waals surface area (Å²) < 4.78 is 0. The van der Waals surface area contributed by atoms with E-state index in [1.54, 1.807) is 0 Å². The van der Waals surface area contributed by atoms with Gasteiger partial charge in [0.2, 0.25) is 5.91 Å². The molecule has 0 radical (unpaired) electrons. The summed E-state index contributed by atoms with van der Waals surface area (Å²) in [6, 6.07) is 10.7. The van der Waals surface area contributed by atoms with Gasteiger partial charge in [-0.05, 0) is 62.8 Å². The summed E-state index contributed by atoms with van der Waals surface area (Å²) in [4.78, 5) is 15.8. The standard InChI is InChI=1S/C18H27N3O/c19-17(22)15-21-12-8-18(9-13-21)6-10-20(11-7-18)14-16-4-2-1-3-5-16/h1-5H,6-15H2,(H2,19,22). The van der Waals surface area contributed by atoms with Crippen molar-refractivity contribution < 1.29 is 4.79 Å². The summed E-state index contributed by atoms with van der Waals surface area (Å²) in [6.45, 7) is 5.96. The molecule has 2 aliphatic rings. The first-order valence-electron chi connectivity index (χ1n) is 8.42. The fourth-order valence-corrected chi connectivity index (χ4v) is 3.93. The second-order valence-corrected chi connectivity index (χ2v) is 7.00. The number of carbonyl (C=O) groups is 1. The predicted molar refractivity (Wildman–Crippen MR) is 88.3 cm³/mol. The number of likely N-dealkylation sites (tertiary alicyclic amines) is 2. The fraction of sp³-hybridized carbons (Fsp3) is 0.611. The van der Waals surface area contributed by atoms with E-state index in [-0.39, 0.29) is 5.91 Å². The van der Waals surface area contributed by atoms with Crippen molar-refractivity contribution in [1.82, 2.24) is 9.80 Å². The molecule has 2 fully saturated rings. The van der Waals surface area contributed by atoms with E-state index in [0.29, 0.717) is 12.0 Å². The summed E-state index contributed by atoms with van der Waals surface area (Å²) in [5, 5.41) is 0. The van der Waals surface area contributed by atoms with Crippen LogP contribution in [-0.4, -0.2) is 48.4 Å². The minimum atomic E-state index is -0.200. The van der Waals surface area contributed by atoms with Gasteiger partial charge in [-0.25, -0.2) is 0 Å². The zero-order valence-electron chi connectivity index (χ0n) is 13.3. The van der Waals surface area contributed by atoms with Gasteiger partial charge in [0.25, 0.3) is 0 Å². The number of benzene rings is 1. The fourth-order valence-electron chi connectivity index (χ4n) is 3.93. The van der Waals surface area contributed by atoms with Gasteiger partial charge >= 0.3 is 0 Å². The zero-order valence-corrected chi connectivity index (χ0v) is 13.3. The van der Waals surface area contributed by atoms with Crippen LogP contribution in [0.4, 0.5) is 0 Å². The van der Waals surface area contributed by atoms with Gasteiger partial charge in [0.15, 0.2) is 0 Å². The number of rotatable bonds is 4. The summed E-state index contributed by atoms with van der Waals surface area (Å²) >= 11 is 0. The maximum atomic E-state index is 11.0. The maximum Gasteiger partial charge on any atom is 0.231 e. The number of nitrogens with two attached hydrogens (primary N) is 1. The number of amides is 1. The van der Waals surface area contributed by atoms with E-state index in [0.717, 1.165) is 19.6 Å². The first kappa shape index (κ1) is 15.5. The highest BCUT2D eigenvalue weighted by molar-refractivity contribution is 5.75. The van der Waals surface area contributed by atoms with Crippen molar-refractivity contribution >= 4 is 5.91 Å². The van der Waals surface area contributed by atoms with Crippen LogP contribution in [0.5, 0.6) is 0 Å². The minimum absolute atomic E-state index is 0.200. The van der Waals surface area contributed by atoms with Gasteiger partial charge in [0.1, 0.15) is 0 Å². The van der Waals surface area contributed by atoms with Crippen LogP contribution in [-0.2, 0) is 11.3 Å². The smallest absolute Gasteiger partial charge is 0.231 e. The van der Waals surface area contributed by atoms with Crippen molar-refractivity contribution in [2.45, 2.75) is 32.2 Å². The lowest BCUT2D eigenvalue weighted by molar-refractivity contribution is -0.119. The van der Waals surface area contributed by atoms with Gasteiger partial charge in [-0.1, -0.05) is 30.3 Å². The third kappa shape index (κ3) is 3.87. The molecule has 0 atom stereocenters. The molecule has 2 saturated heterocycles. The van der Waals surface area contributed by atoms with E-state index in [2.05, 4.69) is 40.1 Å². The topological polar surface area (TPSA) is 49.6 Å². The van der Waals surface area contributed by atoms with Crippen LogP contribution in [0.2, 0.25) is 0 Å². The van der Waals surface area contributed by atoms with Crippen LogP contribution in [0, 0.1) is 5.41 Å². The molecule has 1 aromatic rings. The Kier molecular flexibility index (Phi) is 4.79. The molecule has 22 heavy (non-hydrogen) atoms. The molecule has 4 nitrogen and oxygen atoms in total. The van der Waals surface area contributed by atoms with Gasteiger partial charge < -0.3 is 5.73 Å². The summed E-state index contributed by atoms with van der Waals surface area (Å²) in [7, 11) is 0. The molecule has 0 aromatic heterocycles. The SMILES string of the molecule is NC(=O)CN1CCC2(CC1)CCN(Cc1ccccc1)CC2. The largest absolute Gasteiger partial charge is 0.369 e. The molecule has 1 spiro atoms. The molecule has 0 saturated carbocycles. The average Bonchev–Trinajstić information content (AvgIpc) is 2.53. The average molecular weight is 301 g/mol. The molecule has 0 unspecified atom stereocenters. The molecule has 120 valence electrons. The number of primary amides is 1. The molecule has 2 N–H and O–H groups in total. The molecule has 1 aromatic carbocycles. The Balaban J connectivity index is 1.47. The highest BCUT2D eigenvalue weighted by Crippen LogP contribution is 2.41. The Labute approximate surface area is 133 Å². The Morgan fingerprint density at radius 2 is 1.50 bits per heavy atom. The second-order valence-electron chi connectivity index (χ2n) is 7.00. The van der Waals surface area contributed by atoms with Gasteiger partial charge in [-0.2, -0.15) is 0 Å². The van der Waals surface area contributed by atoms with Crippen LogP contribution in [0.3, 0.4) is 0 Å². The number of carbonyl (C=O) groups excluding carboxylic acids is 1. The van der Waals surface area contributed by atoms with Gasteiger partial charge in [0, 0.05) is 6.54 Å². The number of hydrogen-bond donors (Lipinski definition) is 1. The molecular formula is C18H27N3O. The van der Waals surface area contributed by atoms with E-state index in [1.807, 2.05) is 0 Å². The van der Waals surface area contributed by atoms with Gasteiger partial charge in [0.05, 0.1) is 6.54 Å². The number of hydrogen-bond acceptors (Lipinski definition) is 3. The van der Waals surface area contributed by atoms with Crippen molar-refractivity contribution in [2.24, 2.45) is 11.1 Å². The quantitative estimate of drug-likeness (QED) is 0.923. The van der Waals surface area contributed by atoms with Gasteiger partial charge in [-0.3, -0.25) is 14.6 Å². The molecular weight excluding hydrogens is 274 g/mol. The van der Waals surface area contributed by atoms with Crippen LogP contribution in [0.25, 0.3) is 0 Å².